The molecule has 1 aromatic heterocycles. The molecule has 7 heteroatoms. The molecule has 1 heterocycles. The average Bonchev–Trinajstić information content (AvgIpc) is 2.77. The summed E-state index contributed by atoms with van der Waals surface area (Å²) in [6.45, 7) is 2.80. The van der Waals surface area contributed by atoms with Gasteiger partial charge < -0.3 is 0 Å². The van der Waals surface area contributed by atoms with Crippen molar-refractivity contribution in [3.05, 3.63) is 55.8 Å². The van der Waals surface area contributed by atoms with Crippen molar-refractivity contribution >= 4 is 17.0 Å². The second kappa shape index (κ2) is 6.06. The molecule has 5 nitrogen and oxygen atoms in total. The summed E-state index contributed by atoms with van der Waals surface area (Å²) in [7, 11) is 1.83. The number of halogens is 1. The summed E-state index contributed by atoms with van der Waals surface area (Å²) in [6, 6.07) is 4.23. The number of nitrogens with zero attached hydrogens (tertiary/aromatic N) is 3. The van der Waals surface area contributed by atoms with Gasteiger partial charge in [0.2, 0.25) is 5.82 Å². The predicted molar refractivity (Wildman–Crippen MR) is 75.1 cm³/mol. The number of benzene rings is 1. The van der Waals surface area contributed by atoms with Crippen LogP contribution in [0.15, 0.2) is 23.6 Å². The molecule has 0 N–H and O–H groups in total. The predicted octanol–water partition coefficient (Wildman–Crippen LogP) is 3.13. The standard InChI is InChI=1S/C13H14FN3O2S/c1-9-15-11(8-20-9)7-16(2)6-10-4-3-5-12(13(10)14)17(18)19/h3-5,8H,6-7H2,1-2H3. The highest BCUT2D eigenvalue weighted by Crippen LogP contribution is 2.21. The average molecular weight is 295 g/mol. The molecule has 0 atom stereocenters. The Hall–Kier alpha value is -1.86. The third-order valence-electron chi connectivity index (χ3n) is 2.79. The Morgan fingerprint density at radius 1 is 1.45 bits per heavy atom. The number of rotatable bonds is 5. The molecule has 2 rings (SSSR count). The number of hydrogen-bond donors (Lipinski definition) is 0. The Bertz CT molecular complexity index is 630. The molecule has 1 aromatic carbocycles. The van der Waals surface area contributed by atoms with E-state index in [-0.39, 0.29) is 0 Å². The van der Waals surface area contributed by atoms with Gasteiger partial charge >= 0.3 is 5.69 Å². The van der Waals surface area contributed by atoms with Gasteiger partial charge in [0.05, 0.1) is 15.6 Å². The van der Waals surface area contributed by atoms with E-state index in [1.54, 1.807) is 17.4 Å². The Labute approximate surface area is 119 Å². The van der Waals surface area contributed by atoms with E-state index in [9.17, 15) is 14.5 Å². The lowest BCUT2D eigenvalue weighted by Crippen LogP contribution is -2.18. The number of thiazole rings is 1. The van der Waals surface area contributed by atoms with Crippen LogP contribution in [0.2, 0.25) is 0 Å². The Morgan fingerprint density at radius 3 is 2.80 bits per heavy atom. The van der Waals surface area contributed by atoms with Crippen LogP contribution < -0.4 is 0 Å². The molecule has 20 heavy (non-hydrogen) atoms. The normalized spacial score (nSPS) is 11.0. The van der Waals surface area contributed by atoms with Gasteiger partial charge in [-0.2, -0.15) is 4.39 Å². The van der Waals surface area contributed by atoms with E-state index in [1.807, 2.05) is 24.3 Å². The number of nitro benzene ring substituents is 1. The summed E-state index contributed by atoms with van der Waals surface area (Å²) in [4.78, 5) is 16.2. The van der Waals surface area contributed by atoms with Gasteiger partial charge in [-0.3, -0.25) is 15.0 Å². The first-order valence-electron chi connectivity index (χ1n) is 5.98. The summed E-state index contributed by atoms with van der Waals surface area (Å²) in [5.74, 6) is -0.765. The van der Waals surface area contributed by atoms with Crippen LogP contribution >= 0.6 is 11.3 Å². The molecule has 0 unspecified atom stereocenters. The zero-order chi connectivity index (χ0) is 14.7. The lowest BCUT2D eigenvalue weighted by Gasteiger charge is -2.15. The maximum atomic E-state index is 13.9. The summed E-state index contributed by atoms with van der Waals surface area (Å²) in [5, 5.41) is 13.6. The fourth-order valence-electron chi connectivity index (χ4n) is 1.93. The van der Waals surface area contributed by atoms with Crippen molar-refractivity contribution in [2.45, 2.75) is 20.0 Å². The molecule has 2 aromatic rings. The highest BCUT2D eigenvalue weighted by atomic mass is 32.1. The van der Waals surface area contributed by atoms with Crippen molar-refractivity contribution < 1.29 is 9.31 Å². The van der Waals surface area contributed by atoms with Crippen LogP contribution in [0.4, 0.5) is 10.1 Å². The molecule has 0 saturated carbocycles. The second-order valence-electron chi connectivity index (χ2n) is 4.54. The molecule has 0 aliphatic heterocycles. The van der Waals surface area contributed by atoms with Crippen molar-refractivity contribution in [3.8, 4) is 0 Å². The minimum Gasteiger partial charge on any atom is -0.296 e. The first kappa shape index (κ1) is 14.5. The molecule has 0 radical (unpaired) electrons. The Kier molecular flexibility index (Phi) is 4.41. The van der Waals surface area contributed by atoms with Gasteiger partial charge in [-0.15, -0.1) is 11.3 Å². The fourth-order valence-corrected chi connectivity index (χ4v) is 2.54. The zero-order valence-corrected chi connectivity index (χ0v) is 12.0. The van der Waals surface area contributed by atoms with E-state index in [4.69, 9.17) is 0 Å². The molecule has 0 aliphatic carbocycles. The molecule has 0 aliphatic rings. The smallest absolute Gasteiger partial charge is 0.296 e. The summed E-state index contributed by atoms with van der Waals surface area (Å²) in [6.07, 6.45) is 0. The van der Waals surface area contributed by atoms with E-state index in [0.29, 0.717) is 18.7 Å². The topological polar surface area (TPSA) is 59.3 Å². The van der Waals surface area contributed by atoms with Crippen LogP contribution in [0.25, 0.3) is 0 Å². The number of aryl methyl sites for hydroxylation is 1. The third-order valence-corrected chi connectivity index (χ3v) is 3.62. The quantitative estimate of drug-likeness (QED) is 0.628. The van der Waals surface area contributed by atoms with E-state index >= 15 is 0 Å². The maximum absolute atomic E-state index is 13.9. The van der Waals surface area contributed by atoms with Crippen molar-refractivity contribution in [1.29, 1.82) is 0 Å². The molecular formula is C13H14FN3O2S. The second-order valence-corrected chi connectivity index (χ2v) is 5.60. The van der Waals surface area contributed by atoms with Crippen LogP contribution in [0, 0.1) is 22.9 Å². The van der Waals surface area contributed by atoms with Crippen molar-refractivity contribution in [2.75, 3.05) is 7.05 Å². The highest BCUT2D eigenvalue weighted by molar-refractivity contribution is 7.09. The van der Waals surface area contributed by atoms with Gasteiger partial charge in [0.25, 0.3) is 0 Å². The maximum Gasteiger partial charge on any atom is 0.305 e. The Balaban J connectivity index is 2.09. The van der Waals surface area contributed by atoms with Crippen LogP contribution in [0.5, 0.6) is 0 Å². The van der Waals surface area contributed by atoms with Gasteiger partial charge in [0.15, 0.2) is 0 Å². The molecule has 106 valence electrons. The summed E-state index contributed by atoms with van der Waals surface area (Å²) < 4.78 is 13.9. The van der Waals surface area contributed by atoms with Crippen molar-refractivity contribution in [3.63, 3.8) is 0 Å². The molecule has 0 bridgehead atoms. The summed E-state index contributed by atoms with van der Waals surface area (Å²) in [5.41, 5.74) is 0.745. The fraction of sp³-hybridized carbons (Fsp3) is 0.308. The van der Waals surface area contributed by atoms with Gasteiger partial charge in [-0.05, 0) is 14.0 Å². The zero-order valence-electron chi connectivity index (χ0n) is 11.2. The summed E-state index contributed by atoms with van der Waals surface area (Å²) >= 11 is 1.56. The van der Waals surface area contributed by atoms with Gasteiger partial charge in [-0.1, -0.05) is 12.1 Å². The van der Waals surface area contributed by atoms with Gasteiger partial charge in [-0.25, -0.2) is 4.98 Å². The number of nitro groups is 1. The van der Waals surface area contributed by atoms with Crippen LogP contribution in [-0.2, 0) is 13.1 Å². The number of hydrogen-bond acceptors (Lipinski definition) is 5. The lowest BCUT2D eigenvalue weighted by molar-refractivity contribution is -0.387. The first-order valence-corrected chi connectivity index (χ1v) is 6.86. The monoisotopic (exact) mass is 295 g/mol. The first-order chi connectivity index (χ1) is 9.47. The molecule has 0 amide bonds. The van der Waals surface area contributed by atoms with E-state index < -0.39 is 16.4 Å². The third kappa shape index (κ3) is 3.37. The Morgan fingerprint density at radius 2 is 2.20 bits per heavy atom. The van der Waals surface area contributed by atoms with E-state index in [0.717, 1.165) is 10.7 Å². The minimum atomic E-state index is -0.765. The molecular weight excluding hydrogens is 281 g/mol. The van der Waals surface area contributed by atoms with Crippen LogP contribution in [0.1, 0.15) is 16.3 Å². The van der Waals surface area contributed by atoms with E-state index in [1.165, 1.54) is 12.1 Å². The van der Waals surface area contributed by atoms with Gasteiger partial charge in [0, 0.05) is 30.1 Å². The van der Waals surface area contributed by atoms with E-state index in [2.05, 4.69) is 4.98 Å². The van der Waals surface area contributed by atoms with Gasteiger partial charge in [0.1, 0.15) is 0 Å². The van der Waals surface area contributed by atoms with Crippen molar-refractivity contribution in [1.82, 2.24) is 9.88 Å². The van der Waals surface area contributed by atoms with Crippen LogP contribution in [0.3, 0.4) is 0 Å². The van der Waals surface area contributed by atoms with Crippen molar-refractivity contribution in [2.24, 2.45) is 0 Å². The SMILES string of the molecule is Cc1nc(CN(C)Cc2cccc([N+](=O)[O-])c2F)cs1. The largest absolute Gasteiger partial charge is 0.305 e. The lowest BCUT2D eigenvalue weighted by atomic mass is 10.1. The molecule has 0 fully saturated rings. The van der Waals surface area contributed by atoms with Crippen LogP contribution in [-0.4, -0.2) is 21.9 Å². The molecule has 0 saturated heterocycles. The minimum absolute atomic E-state index is 0.296. The molecule has 0 spiro atoms. The number of aromatic nitrogens is 1. The highest BCUT2D eigenvalue weighted by Gasteiger charge is 2.18.